The lowest BCUT2D eigenvalue weighted by atomic mass is 9.76. The van der Waals surface area contributed by atoms with E-state index < -0.39 is 4.92 Å². The van der Waals surface area contributed by atoms with Crippen LogP contribution in [0.25, 0.3) is 0 Å². The summed E-state index contributed by atoms with van der Waals surface area (Å²) in [7, 11) is 0. The van der Waals surface area contributed by atoms with E-state index in [0.29, 0.717) is 17.7 Å². The molecule has 2 N–H and O–H groups in total. The molecule has 0 saturated heterocycles. The lowest BCUT2D eigenvalue weighted by Crippen LogP contribution is -2.32. The normalized spacial score (nSPS) is 20.2. The van der Waals surface area contributed by atoms with Gasteiger partial charge in [0.1, 0.15) is 5.75 Å². The van der Waals surface area contributed by atoms with Gasteiger partial charge in [0.25, 0.3) is 11.6 Å². The lowest BCUT2D eigenvalue weighted by Gasteiger charge is -2.38. The van der Waals surface area contributed by atoms with Gasteiger partial charge in [-0.05, 0) is 61.2 Å². The third-order valence-corrected chi connectivity index (χ3v) is 6.80. The summed E-state index contributed by atoms with van der Waals surface area (Å²) in [6.07, 6.45) is 5.01. The zero-order chi connectivity index (χ0) is 23.8. The van der Waals surface area contributed by atoms with E-state index in [-0.39, 0.29) is 35.2 Å². The number of hydrogen-bond donors (Lipinski definition) is 2. The summed E-state index contributed by atoms with van der Waals surface area (Å²) < 4.78 is 0. The monoisotopic (exact) mass is 455 g/mol. The van der Waals surface area contributed by atoms with Crippen LogP contribution >= 0.6 is 0 Å². The van der Waals surface area contributed by atoms with Gasteiger partial charge < -0.3 is 15.3 Å². The molecule has 0 spiro atoms. The number of fused-ring (bicyclic) bond motifs is 3. The molecule has 1 aliphatic heterocycles. The average Bonchev–Trinajstić information content (AvgIpc) is 3.35. The quantitative estimate of drug-likeness (QED) is 0.288. The second kappa shape index (κ2) is 8.67. The maximum absolute atomic E-state index is 13.4. The van der Waals surface area contributed by atoms with Crippen LogP contribution in [-0.4, -0.2) is 22.5 Å². The van der Waals surface area contributed by atoms with Gasteiger partial charge in [0.15, 0.2) is 0 Å². The van der Waals surface area contributed by atoms with Gasteiger partial charge in [-0.3, -0.25) is 14.9 Å². The highest BCUT2D eigenvalue weighted by atomic mass is 16.6. The first-order valence-corrected chi connectivity index (χ1v) is 11.4. The van der Waals surface area contributed by atoms with Crippen molar-refractivity contribution < 1.29 is 14.8 Å². The van der Waals surface area contributed by atoms with Crippen LogP contribution in [-0.2, 0) is 0 Å². The van der Waals surface area contributed by atoms with Gasteiger partial charge in [0.2, 0.25) is 0 Å². The average molecular weight is 456 g/mol. The van der Waals surface area contributed by atoms with Crippen LogP contribution in [0.5, 0.6) is 5.75 Å². The molecule has 0 radical (unpaired) electrons. The van der Waals surface area contributed by atoms with Crippen LogP contribution in [0.2, 0.25) is 0 Å². The van der Waals surface area contributed by atoms with E-state index in [2.05, 4.69) is 17.5 Å². The number of para-hydroxylation sites is 1. The Morgan fingerprint density at radius 2 is 1.91 bits per heavy atom. The molecular formula is C27H25N3O4. The minimum atomic E-state index is -0.450. The highest BCUT2D eigenvalue weighted by Gasteiger charge is 2.39. The van der Waals surface area contributed by atoms with Crippen LogP contribution in [0.1, 0.15) is 46.8 Å². The Morgan fingerprint density at radius 1 is 1.12 bits per heavy atom. The molecule has 7 nitrogen and oxygen atoms in total. The number of nitro groups is 1. The van der Waals surface area contributed by atoms with Crippen LogP contribution in [0, 0.1) is 16.0 Å². The molecule has 34 heavy (non-hydrogen) atoms. The predicted molar refractivity (Wildman–Crippen MR) is 131 cm³/mol. The highest BCUT2D eigenvalue weighted by Crippen LogP contribution is 2.51. The van der Waals surface area contributed by atoms with Gasteiger partial charge in [0.05, 0.1) is 11.0 Å². The van der Waals surface area contributed by atoms with Gasteiger partial charge in [-0.15, -0.1) is 0 Å². The number of amides is 1. The van der Waals surface area contributed by atoms with Crippen LogP contribution in [0.15, 0.2) is 78.9 Å². The number of phenols is 1. The van der Waals surface area contributed by atoms with Crippen molar-refractivity contribution in [3.05, 3.63) is 106 Å². The molecule has 0 fully saturated rings. The number of carbonyl (C=O) groups is 1. The van der Waals surface area contributed by atoms with Gasteiger partial charge >= 0.3 is 0 Å². The molecule has 3 atom stereocenters. The molecule has 0 aromatic heterocycles. The Hall–Kier alpha value is -4.13. The first-order valence-electron chi connectivity index (χ1n) is 11.4. The van der Waals surface area contributed by atoms with Crippen molar-refractivity contribution in [3.8, 4) is 5.75 Å². The topological polar surface area (TPSA) is 95.7 Å². The van der Waals surface area contributed by atoms with Crippen LogP contribution in [0.3, 0.4) is 0 Å². The number of nitrogens with one attached hydrogen (secondary N) is 1. The van der Waals surface area contributed by atoms with E-state index in [9.17, 15) is 20.0 Å². The Morgan fingerprint density at radius 3 is 2.65 bits per heavy atom. The van der Waals surface area contributed by atoms with Crippen LogP contribution < -0.4 is 10.2 Å². The number of non-ortho nitro benzene ring substituents is 1. The molecule has 1 heterocycles. The van der Waals surface area contributed by atoms with E-state index in [1.807, 2.05) is 55.5 Å². The van der Waals surface area contributed by atoms with E-state index in [1.165, 1.54) is 18.2 Å². The fraction of sp³-hybridized carbons (Fsp3) is 0.222. The number of allylic oxidation sites excluding steroid dienone is 2. The molecule has 3 aromatic carbocycles. The van der Waals surface area contributed by atoms with Gasteiger partial charge in [-0.2, -0.15) is 0 Å². The largest absolute Gasteiger partial charge is 0.508 e. The fourth-order valence-corrected chi connectivity index (χ4v) is 5.15. The molecule has 0 saturated carbocycles. The molecule has 1 aliphatic carbocycles. The molecule has 5 rings (SSSR count). The van der Waals surface area contributed by atoms with E-state index >= 15 is 0 Å². The molecular weight excluding hydrogens is 430 g/mol. The smallest absolute Gasteiger partial charge is 0.270 e. The first kappa shape index (κ1) is 21.7. The lowest BCUT2D eigenvalue weighted by molar-refractivity contribution is -0.385. The van der Waals surface area contributed by atoms with Crippen molar-refractivity contribution in [3.63, 3.8) is 0 Å². The number of nitro benzene ring substituents is 1. The number of aromatic hydroxyl groups is 1. The minimum absolute atomic E-state index is 0.0328. The third-order valence-electron chi connectivity index (χ3n) is 6.80. The molecule has 7 heteroatoms. The number of benzene rings is 3. The minimum Gasteiger partial charge on any atom is -0.508 e. The van der Waals surface area contributed by atoms with Gasteiger partial charge in [-0.25, -0.2) is 0 Å². The molecule has 2 aliphatic rings. The molecule has 172 valence electrons. The zero-order valence-electron chi connectivity index (χ0n) is 18.7. The third kappa shape index (κ3) is 3.69. The molecule has 3 unspecified atom stereocenters. The summed E-state index contributed by atoms with van der Waals surface area (Å²) >= 11 is 0. The SMILES string of the molecule is CCN(C(=O)c1ccc2c(c1)C1C=CCC1C(c1cc([N+](=O)[O-])ccc1O)N2)c1ccccc1. The Kier molecular flexibility index (Phi) is 5.53. The molecule has 1 amide bonds. The Balaban J connectivity index is 1.51. The standard InChI is InChI=1S/C27H25N3O4/c1-2-29(18-7-4-3-5-8-18)27(32)17-11-13-24-22(15-17)20-9-6-10-21(20)26(28-24)23-16-19(30(33)34)12-14-25(23)31/h3-9,11-16,20-21,26,28,31H,2,10H2,1H3. The molecule has 3 aromatic rings. The van der Waals surface area contributed by atoms with E-state index in [1.54, 1.807) is 4.90 Å². The maximum Gasteiger partial charge on any atom is 0.270 e. The van der Waals surface area contributed by atoms with E-state index in [4.69, 9.17) is 0 Å². The van der Waals surface area contributed by atoms with Gasteiger partial charge in [-0.1, -0.05) is 30.4 Å². The predicted octanol–water partition coefficient (Wildman–Crippen LogP) is 5.79. The summed E-state index contributed by atoms with van der Waals surface area (Å²) in [6, 6.07) is 19.1. The van der Waals surface area contributed by atoms with Crippen molar-refractivity contribution in [1.29, 1.82) is 0 Å². The zero-order valence-corrected chi connectivity index (χ0v) is 18.7. The summed E-state index contributed by atoms with van der Waals surface area (Å²) in [4.78, 5) is 26.0. The van der Waals surface area contributed by atoms with Crippen molar-refractivity contribution in [1.82, 2.24) is 0 Å². The number of phenolic OH excluding ortho intramolecular Hbond substituents is 1. The van der Waals surface area contributed by atoms with Crippen molar-refractivity contribution in [2.24, 2.45) is 5.92 Å². The van der Waals surface area contributed by atoms with Gasteiger partial charge in [0, 0.05) is 47.1 Å². The van der Waals surface area contributed by atoms with E-state index in [0.717, 1.165) is 23.4 Å². The summed E-state index contributed by atoms with van der Waals surface area (Å²) in [5.41, 5.74) is 3.81. The number of anilines is 2. The molecule has 0 bridgehead atoms. The summed E-state index contributed by atoms with van der Waals surface area (Å²) in [6.45, 7) is 2.51. The van der Waals surface area contributed by atoms with Crippen molar-refractivity contribution in [2.45, 2.75) is 25.3 Å². The highest BCUT2D eigenvalue weighted by molar-refractivity contribution is 6.06. The first-order chi connectivity index (χ1) is 16.5. The van der Waals surface area contributed by atoms with Crippen LogP contribution in [0.4, 0.5) is 17.1 Å². The van der Waals surface area contributed by atoms with Crippen molar-refractivity contribution >= 4 is 23.0 Å². The maximum atomic E-state index is 13.4. The summed E-state index contributed by atoms with van der Waals surface area (Å²) in [5, 5.41) is 25.3. The summed E-state index contributed by atoms with van der Waals surface area (Å²) in [5.74, 6) is 0.0838. The second-order valence-corrected chi connectivity index (χ2v) is 8.66. The Labute approximate surface area is 197 Å². The number of carbonyl (C=O) groups excluding carboxylic acids is 1. The van der Waals surface area contributed by atoms with Crippen molar-refractivity contribution in [2.75, 3.05) is 16.8 Å². The second-order valence-electron chi connectivity index (χ2n) is 8.66. The number of rotatable bonds is 5. The fourth-order valence-electron chi connectivity index (χ4n) is 5.15. The number of hydrogen-bond acceptors (Lipinski definition) is 5. The number of nitrogens with zero attached hydrogens (tertiary/aromatic N) is 2. The Bertz CT molecular complexity index is 1290.